The second kappa shape index (κ2) is 6.15. The molecular weight excluding hydrogens is 288 g/mol. The number of thiophene rings is 1. The molecule has 1 aromatic rings. The van der Waals surface area contributed by atoms with E-state index in [0.717, 1.165) is 36.8 Å². The van der Waals surface area contributed by atoms with Gasteiger partial charge in [0, 0.05) is 22.4 Å². The highest BCUT2D eigenvalue weighted by molar-refractivity contribution is 9.10. The van der Waals surface area contributed by atoms with Crippen molar-refractivity contribution in [1.82, 2.24) is 0 Å². The molecule has 0 amide bonds. The second-order valence-electron chi connectivity index (χ2n) is 4.26. The third-order valence-electron chi connectivity index (χ3n) is 2.96. The largest absolute Gasteiger partial charge is 0.393 e. The molecular formula is C12H17BrO2S. The monoisotopic (exact) mass is 304 g/mol. The Morgan fingerprint density at radius 2 is 2.50 bits per heavy atom. The third-order valence-corrected chi connectivity index (χ3v) is 4.91. The van der Waals surface area contributed by atoms with Gasteiger partial charge in [-0.15, -0.1) is 11.3 Å². The van der Waals surface area contributed by atoms with Gasteiger partial charge in [0.1, 0.15) is 0 Å². The van der Waals surface area contributed by atoms with Crippen LogP contribution in [0.1, 0.15) is 30.6 Å². The summed E-state index contributed by atoms with van der Waals surface area (Å²) < 4.78 is 6.66. The summed E-state index contributed by atoms with van der Waals surface area (Å²) in [7, 11) is 0. The normalized spacial score (nSPS) is 22.5. The molecule has 0 aromatic carbocycles. The van der Waals surface area contributed by atoms with E-state index >= 15 is 0 Å². The van der Waals surface area contributed by atoms with E-state index in [1.165, 1.54) is 11.3 Å². The number of hydrogen-bond acceptors (Lipinski definition) is 3. The number of aliphatic hydroxyl groups is 1. The summed E-state index contributed by atoms with van der Waals surface area (Å²) in [5.74, 6) is 0. The molecule has 2 nitrogen and oxygen atoms in total. The van der Waals surface area contributed by atoms with Gasteiger partial charge >= 0.3 is 0 Å². The topological polar surface area (TPSA) is 29.5 Å². The average Bonchev–Trinajstić information content (AvgIpc) is 2.88. The van der Waals surface area contributed by atoms with Crippen molar-refractivity contribution in [2.75, 3.05) is 6.61 Å². The molecule has 1 aromatic heterocycles. The summed E-state index contributed by atoms with van der Waals surface area (Å²) in [5, 5.41) is 12.0. The van der Waals surface area contributed by atoms with Crippen LogP contribution >= 0.6 is 27.3 Å². The SMILES string of the molecule is OC(CCC1CCCO1)Cc1sccc1Br. The Balaban J connectivity index is 1.71. The van der Waals surface area contributed by atoms with Crippen LogP contribution in [0.4, 0.5) is 0 Å². The zero-order valence-electron chi connectivity index (χ0n) is 9.19. The van der Waals surface area contributed by atoms with Crippen LogP contribution in [-0.2, 0) is 11.2 Å². The summed E-state index contributed by atoms with van der Waals surface area (Å²) >= 11 is 5.18. The summed E-state index contributed by atoms with van der Waals surface area (Å²) in [4.78, 5) is 1.24. The van der Waals surface area contributed by atoms with E-state index in [2.05, 4.69) is 15.9 Å². The summed E-state index contributed by atoms with van der Waals surface area (Å²) in [6, 6.07) is 2.03. The van der Waals surface area contributed by atoms with Crippen LogP contribution in [0.15, 0.2) is 15.9 Å². The lowest BCUT2D eigenvalue weighted by Gasteiger charge is -2.13. The molecule has 0 spiro atoms. The minimum atomic E-state index is -0.237. The molecule has 4 heteroatoms. The van der Waals surface area contributed by atoms with Crippen LogP contribution in [0.25, 0.3) is 0 Å². The van der Waals surface area contributed by atoms with Crippen molar-refractivity contribution in [1.29, 1.82) is 0 Å². The van der Waals surface area contributed by atoms with Crippen molar-refractivity contribution >= 4 is 27.3 Å². The third kappa shape index (κ3) is 3.55. The Morgan fingerprint density at radius 1 is 1.62 bits per heavy atom. The molecule has 2 unspecified atom stereocenters. The molecule has 0 radical (unpaired) electrons. The molecule has 90 valence electrons. The van der Waals surface area contributed by atoms with E-state index in [0.29, 0.717) is 6.10 Å². The smallest absolute Gasteiger partial charge is 0.0589 e. The fraction of sp³-hybridized carbons (Fsp3) is 0.667. The number of hydrogen-bond donors (Lipinski definition) is 1. The average molecular weight is 305 g/mol. The molecule has 2 heterocycles. The van der Waals surface area contributed by atoms with Crippen molar-refractivity contribution in [2.45, 2.75) is 44.3 Å². The van der Waals surface area contributed by atoms with Crippen molar-refractivity contribution in [3.63, 3.8) is 0 Å². The maximum atomic E-state index is 9.94. The van der Waals surface area contributed by atoms with Crippen molar-refractivity contribution in [2.24, 2.45) is 0 Å². The molecule has 1 saturated heterocycles. The van der Waals surface area contributed by atoms with Gasteiger partial charge in [0.2, 0.25) is 0 Å². The van der Waals surface area contributed by atoms with Gasteiger partial charge in [-0.1, -0.05) is 0 Å². The van der Waals surface area contributed by atoms with Gasteiger partial charge in [0.05, 0.1) is 12.2 Å². The van der Waals surface area contributed by atoms with Crippen molar-refractivity contribution < 1.29 is 9.84 Å². The van der Waals surface area contributed by atoms with Crippen LogP contribution in [-0.4, -0.2) is 23.9 Å². The van der Waals surface area contributed by atoms with Gasteiger partial charge in [0.15, 0.2) is 0 Å². The number of rotatable bonds is 5. The van der Waals surface area contributed by atoms with Gasteiger partial charge in [-0.25, -0.2) is 0 Å². The highest BCUT2D eigenvalue weighted by atomic mass is 79.9. The first-order chi connectivity index (χ1) is 7.75. The lowest BCUT2D eigenvalue weighted by molar-refractivity contribution is 0.0814. The predicted molar refractivity (Wildman–Crippen MR) is 69.9 cm³/mol. The molecule has 0 bridgehead atoms. The molecule has 2 rings (SSSR count). The molecule has 16 heavy (non-hydrogen) atoms. The minimum Gasteiger partial charge on any atom is -0.393 e. The van der Waals surface area contributed by atoms with Gasteiger partial charge in [-0.2, -0.15) is 0 Å². The van der Waals surface area contributed by atoms with E-state index in [9.17, 15) is 5.11 Å². The molecule has 1 aliphatic rings. The molecule has 1 fully saturated rings. The predicted octanol–water partition coefficient (Wildman–Crippen LogP) is 3.37. The Labute approximate surface area is 109 Å². The number of ether oxygens (including phenoxy) is 1. The Morgan fingerprint density at radius 3 is 3.12 bits per heavy atom. The number of aliphatic hydroxyl groups excluding tert-OH is 1. The zero-order chi connectivity index (χ0) is 11.4. The van der Waals surface area contributed by atoms with E-state index in [4.69, 9.17) is 4.74 Å². The molecule has 1 aliphatic heterocycles. The van der Waals surface area contributed by atoms with Crippen LogP contribution < -0.4 is 0 Å². The van der Waals surface area contributed by atoms with Crippen molar-refractivity contribution in [3.05, 3.63) is 20.8 Å². The van der Waals surface area contributed by atoms with E-state index in [-0.39, 0.29) is 6.10 Å². The molecule has 0 aliphatic carbocycles. The quantitative estimate of drug-likeness (QED) is 0.904. The van der Waals surface area contributed by atoms with Crippen LogP contribution in [0.2, 0.25) is 0 Å². The van der Waals surface area contributed by atoms with Gasteiger partial charge < -0.3 is 9.84 Å². The first-order valence-corrected chi connectivity index (χ1v) is 7.44. The fourth-order valence-electron chi connectivity index (χ4n) is 2.04. The second-order valence-corrected chi connectivity index (χ2v) is 6.12. The fourth-order valence-corrected chi connectivity index (χ4v) is 3.62. The zero-order valence-corrected chi connectivity index (χ0v) is 11.6. The molecule has 1 N–H and O–H groups in total. The van der Waals surface area contributed by atoms with Crippen LogP contribution in [0, 0.1) is 0 Å². The summed E-state index contributed by atoms with van der Waals surface area (Å²) in [6.07, 6.45) is 5.08. The lowest BCUT2D eigenvalue weighted by Crippen LogP contribution is -2.14. The Bertz CT molecular complexity index is 321. The van der Waals surface area contributed by atoms with Crippen LogP contribution in [0.3, 0.4) is 0 Å². The van der Waals surface area contributed by atoms with Gasteiger partial charge in [-0.05, 0) is 53.1 Å². The van der Waals surface area contributed by atoms with Crippen molar-refractivity contribution in [3.8, 4) is 0 Å². The number of halogens is 1. The maximum Gasteiger partial charge on any atom is 0.0589 e. The standard InChI is InChI=1S/C12H17BrO2S/c13-11-5-7-16-12(11)8-9(14)3-4-10-2-1-6-15-10/h5,7,9-10,14H,1-4,6,8H2. The minimum absolute atomic E-state index is 0.237. The van der Waals surface area contributed by atoms with E-state index in [1.807, 2.05) is 11.4 Å². The first-order valence-electron chi connectivity index (χ1n) is 5.77. The molecule has 0 saturated carbocycles. The Hall–Kier alpha value is 0.100. The Kier molecular flexibility index (Phi) is 4.82. The molecule has 2 atom stereocenters. The van der Waals surface area contributed by atoms with E-state index < -0.39 is 0 Å². The first kappa shape index (κ1) is 12.6. The summed E-state index contributed by atoms with van der Waals surface area (Å²) in [5.41, 5.74) is 0. The van der Waals surface area contributed by atoms with Crippen LogP contribution in [0.5, 0.6) is 0 Å². The maximum absolute atomic E-state index is 9.94. The lowest BCUT2D eigenvalue weighted by atomic mass is 10.1. The van der Waals surface area contributed by atoms with E-state index in [1.54, 1.807) is 11.3 Å². The highest BCUT2D eigenvalue weighted by Crippen LogP contribution is 2.25. The summed E-state index contributed by atoms with van der Waals surface area (Å²) in [6.45, 7) is 0.900. The highest BCUT2D eigenvalue weighted by Gasteiger charge is 2.17. The van der Waals surface area contributed by atoms with Gasteiger partial charge in [0.25, 0.3) is 0 Å². The van der Waals surface area contributed by atoms with Gasteiger partial charge in [-0.3, -0.25) is 0 Å².